The van der Waals surface area contributed by atoms with Crippen LogP contribution in [0.5, 0.6) is 11.5 Å². The van der Waals surface area contributed by atoms with Crippen LogP contribution < -0.4 is 9.47 Å². The van der Waals surface area contributed by atoms with Gasteiger partial charge in [-0.15, -0.1) is 0 Å². The van der Waals surface area contributed by atoms with Crippen LogP contribution in [0.15, 0.2) is 30.6 Å². The zero-order valence-corrected chi connectivity index (χ0v) is 16.4. The van der Waals surface area contributed by atoms with Gasteiger partial charge in [-0.1, -0.05) is 12.2 Å². The average molecular weight is 374 g/mol. The van der Waals surface area contributed by atoms with E-state index in [1.165, 1.54) is 44.1 Å². The van der Waals surface area contributed by atoms with E-state index >= 15 is 0 Å². The number of benzene rings is 1. The number of hydrogen-bond donors (Lipinski definition) is 0. The van der Waals surface area contributed by atoms with E-state index in [0.717, 1.165) is 46.2 Å². The van der Waals surface area contributed by atoms with Crippen molar-refractivity contribution in [3.05, 3.63) is 41.7 Å². The highest BCUT2D eigenvalue weighted by molar-refractivity contribution is 5.66. The van der Waals surface area contributed by atoms with Crippen molar-refractivity contribution in [2.24, 2.45) is 17.8 Å². The molecule has 28 heavy (non-hydrogen) atoms. The quantitative estimate of drug-likeness (QED) is 0.724. The van der Waals surface area contributed by atoms with Crippen molar-refractivity contribution < 1.29 is 9.47 Å². The summed E-state index contributed by atoms with van der Waals surface area (Å²) >= 11 is 0. The molecule has 4 bridgehead atoms. The van der Waals surface area contributed by atoms with Crippen LogP contribution in [-0.4, -0.2) is 16.8 Å². The van der Waals surface area contributed by atoms with Crippen molar-refractivity contribution in [3.8, 4) is 22.9 Å². The summed E-state index contributed by atoms with van der Waals surface area (Å²) in [5, 5.41) is 0. The molecule has 7 rings (SSSR count). The Morgan fingerprint density at radius 2 is 1.64 bits per heavy atom. The molecule has 4 saturated carbocycles. The van der Waals surface area contributed by atoms with Gasteiger partial charge in [-0.05, 0) is 80.8 Å². The second kappa shape index (κ2) is 6.07. The van der Waals surface area contributed by atoms with Gasteiger partial charge >= 0.3 is 0 Å². The lowest BCUT2D eigenvalue weighted by molar-refractivity contribution is -0.00626. The predicted molar refractivity (Wildman–Crippen MR) is 108 cm³/mol. The van der Waals surface area contributed by atoms with Crippen molar-refractivity contribution in [2.45, 2.75) is 50.9 Å². The van der Waals surface area contributed by atoms with Crippen LogP contribution >= 0.6 is 0 Å². The molecule has 0 atom stereocenters. The maximum atomic E-state index is 5.99. The third kappa shape index (κ3) is 2.50. The first-order chi connectivity index (χ1) is 13.7. The fourth-order valence-electron chi connectivity index (χ4n) is 6.74. The van der Waals surface area contributed by atoms with E-state index in [2.05, 4.69) is 22.1 Å². The molecule has 4 aliphatic carbocycles. The number of rotatable bonds is 3. The molecule has 1 aromatic carbocycles. The van der Waals surface area contributed by atoms with Gasteiger partial charge in [-0.3, -0.25) is 0 Å². The van der Waals surface area contributed by atoms with Gasteiger partial charge in [0.1, 0.15) is 0 Å². The summed E-state index contributed by atoms with van der Waals surface area (Å²) in [6.45, 7) is 2.32. The summed E-state index contributed by atoms with van der Waals surface area (Å²) < 4.78 is 11.8. The van der Waals surface area contributed by atoms with Gasteiger partial charge in [0, 0.05) is 29.1 Å². The average Bonchev–Trinajstić information content (AvgIpc) is 3.15. The topological polar surface area (TPSA) is 44.2 Å². The monoisotopic (exact) mass is 374 g/mol. The van der Waals surface area contributed by atoms with Crippen LogP contribution in [0.3, 0.4) is 0 Å². The van der Waals surface area contributed by atoms with Crippen molar-refractivity contribution in [3.63, 3.8) is 0 Å². The van der Waals surface area contributed by atoms with Crippen molar-refractivity contribution >= 4 is 6.08 Å². The third-order valence-corrected chi connectivity index (χ3v) is 7.37. The first kappa shape index (κ1) is 16.6. The van der Waals surface area contributed by atoms with Gasteiger partial charge in [0.05, 0.1) is 0 Å². The number of aromatic nitrogens is 2. The van der Waals surface area contributed by atoms with E-state index in [1.54, 1.807) is 0 Å². The Kier molecular flexibility index (Phi) is 3.59. The highest BCUT2D eigenvalue weighted by atomic mass is 16.7. The minimum absolute atomic E-state index is 0.257. The fraction of sp³-hybridized carbons (Fsp3) is 0.500. The molecule has 0 N–H and O–H groups in total. The van der Waals surface area contributed by atoms with Gasteiger partial charge in [-0.25, -0.2) is 9.97 Å². The fourth-order valence-corrected chi connectivity index (χ4v) is 6.74. The Morgan fingerprint density at radius 1 is 0.964 bits per heavy atom. The molecule has 0 spiro atoms. The van der Waals surface area contributed by atoms with Crippen LogP contribution in [-0.2, 0) is 5.41 Å². The van der Waals surface area contributed by atoms with E-state index in [-0.39, 0.29) is 5.41 Å². The van der Waals surface area contributed by atoms with Crippen molar-refractivity contribution in [2.75, 3.05) is 6.79 Å². The summed E-state index contributed by atoms with van der Waals surface area (Å²) in [4.78, 5) is 9.24. The normalized spacial score (nSPS) is 32.4. The number of fused-ring (bicyclic) bond motifs is 1. The SMILES string of the molecule is C/C=C/c1cnc(-c2cc3c(c(C45CC6CC(CC(C6)C4)C5)c2)OCO3)nc1. The van der Waals surface area contributed by atoms with Crippen LogP contribution in [0.25, 0.3) is 17.5 Å². The molecule has 4 heteroatoms. The lowest BCUT2D eigenvalue weighted by Crippen LogP contribution is -2.48. The highest BCUT2D eigenvalue weighted by Gasteiger charge is 2.53. The number of hydrogen-bond acceptors (Lipinski definition) is 4. The van der Waals surface area contributed by atoms with Crippen LogP contribution in [0.4, 0.5) is 0 Å². The van der Waals surface area contributed by atoms with Gasteiger partial charge in [-0.2, -0.15) is 0 Å². The molecule has 4 fully saturated rings. The zero-order valence-electron chi connectivity index (χ0n) is 16.4. The second-order valence-corrected chi connectivity index (χ2v) is 9.30. The predicted octanol–water partition coefficient (Wildman–Crippen LogP) is 5.37. The molecule has 1 aliphatic heterocycles. The number of nitrogens with zero attached hydrogens (tertiary/aromatic N) is 2. The van der Waals surface area contributed by atoms with Gasteiger partial charge in [0.15, 0.2) is 17.3 Å². The van der Waals surface area contributed by atoms with E-state index in [1.807, 2.05) is 31.5 Å². The Hall–Kier alpha value is -2.36. The molecule has 0 radical (unpaired) electrons. The standard InChI is InChI=1S/C24H26N2O2/c1-2-3-15-12-25-23(26-13-15)19-7-20(22-21(8-19)27-14-28-22)24-9-16-4-17(10-24)6-18(5-16)11-24/h2-3,7-8,12-13,16-18H,4-6,9-11,14H2,1H3/b3-2+. The maximum Gasteiger partial charge on any atom is 0.231 e. The summed E-state index contributed by atoms with van der Waals surface area (Å²) in [7, 11) is 0. The summed E-state index contributed by atoms with van der Waals surface area (Å²) in [5.41, 5.74) is 3.68. The van der Waals surface area contributed by atoms with Crippen LogP contribution in [0.2, 0.25) is 0 Å². The molecule has 1 aromatic heterocycles. The number of ether oxygens (including phenoxy) is 2. The minimum atomic E-state index is 0.257. The molecule has 2 heterocycles. The molecule has 144 valence electrons. The molecular formula is C24H26N2O2. The molecule has 5 aliphatic rings. The molecule has 2 aromatic rings. The van der Waals surface area contributed by atoms with Gasteiger partial charge in [0.2, 0.25) is 6.79 Å². The molecule has 0 amide bonds. The Balaban J connectivity index is 1.46. The first-order valence-electron chi connectivity index (χ1n) is 10.6. The smallest absolute Gasteiger partial charge is 0.231 e. The largest absolute Gasteiger partial charge is 0.454 e. The number of allylic oxidation sites excluding steroid dienone is 1. The lowest BCUT2D eigenvalue weighted by atomic mass is 9.48. The first-order valence-corrected chi connectivity index (χ1v) is 10.6. The molecule has 0 unspecified atom stereocenters. The Labute approximate surface area is 166 Å². The zero-order chi connectivity index (χ0) is 18.7. The maximum absolute atomic E-state index is 5.99. The third-order valence-electron chi connectivity index (χ3n) is 7.37. The Bertz CT molecular complexity index is 913. The summed E-state index contributed by atoms with van der Waals surface area (Å²) in [6.07, 6.45) is 16.0. The van der Waals surface area contributed by atoms with Crippen molar-refractivity contribution in [1.29, 1.82) is 0 Å². The Morgan fingerprint density at radius 3 is 2.29 bits per heavy atom. The van der Waals surface area contributed by atoms with Gasteiger partial charge < -0.3 is 9.47 Å². The summed E-state index contributed by atoms with van der Waals surface area (Å²) in [6, 6.07) is 4.36. The van der Waals surface area contributed by atoms with Crippen LogP contribution in [0.1, 0.15) is 56.6 Å². The minimum Gasteiger partial charge on any atom is -0.454 e. The van der Waals surface area contributed by atoms with Crippen molar-refractivity contribution in [1.82, 2.24) is 9.97 Å². The molecule has 4 nitrogen and oxygen atoms in total. The van der Waals surface area contributed by atoms with E-state index in [0.29, 0.717) is 6.79 Å². The van der Waals surface area contributed by atoms with E-state index in [4.69, 9.17) is 9.47 Å². The highest BCUT2D eigenvalue weighted by Crippen LogP contribution is 2.63. The molecular weight excluding hydrogens is 348 g/mol. The lowest BCUT2D eigenvalue weighted by Gasteiger charge is -2.57. The van der Waals surface area contributed by atoms with Crippen LogP contribution in [0, 0.1) is 17.8 Å². The van der Waals surface area contributed by atoms with E-state index < -0.39 is 0 Å². The molecule has 0 saturated heterocycles. The second-order valence-electron chi connectivity index (χ2n) is 9.30. The summed E-state index contributed by atoms with van der Waals surface area (Å²) in [5.74, 6) is 5.29. The van der Waals surface area contributed by atoms with Gasteiger partial charge in [0.25, 0.3) is 0 Å². The van der Waals surface area contributed by atoms with E-state index in [9.17, 15) is 0 Å².